The second-order valence-corrected chi connectivity index (χ2v) is 4.65. The summed E-state index contributed by atoms with van der Waals surface area (Å²) in [4.78, 5) is 0. The first-order chi connectivity index (χ1) is 7.63. The number of alkyl halides is 3. The number of aliphatic hydroxyl groups excluding tert-OH is 1. The molecule has 17 heavy (non-hydrogen) atoms. The molecule has 0 bridgehead atoms. The molecular formula is C12H14F4O. The van der Waals surface area contributed by atoms with Gasteiger partial charge in [0.2, 0.25) is 0 Å². The molecule has 0 amide bonds. The van der Waals surface area contributed by atoms with Crippen molar-refractivity contribution in [3.63, 3.8) is 0 Å². The molecule has 0 radical (unpaired) electrons. The van der Waals surface area contributed by atoms with Gasteiger partial charge in [0.25, 0.3) is 0 Å². The van der Waals surface area contributed by atoms with Crippen LogP contribution in [0, 0.1) is 5.82 Å². The quantitative estimate of drug-likeness (QED) is 0.815. The minimum atomic E-state index is -4.63. The lowest BCUT2D eigenvalue weighted by Gasteiger charge is -2.28. The molecule has 0 saturated heterocycles. The van der Waals surface area contributed by atoms with Crippen LogP contribution >= 0.6 is 0 Å². The first kappa shape index (κ1) is 14.0. The number of hydrogen-bond acceptors (Lipinski definition) is 1. The van der Waals surface area contributed by atoms with Crippen molar-refractivity contribution in [2.45, 2.75) is 38.0 Å². The van der Waals surface area contributed by atoms with Crippen LogP contribution in [-0.2, 0) is 5.41 Å². The molecule has 0 spiro atoms. The molecule has 1 unspecified atom stereocenters. The van der Waals surface area contributed by atoms with E-state index in [0.29, 0.717) is 5.56 Å². The molecule has 0 saturated carbocycles. The minimum Gasteiger partial charge on any atom is -0.384 e. The Morgan fingerprint density at radius 2 is 1.59 bits per heavy atom. The first-order valence-corrected chi connectivity index (χ1v) is 5.14. The van der Waals surface area contributed by atoms with Crippen molar-refractivity contribution in [1.29, 1.82) is 0 Å². The molecule has 0 fully saturated rings. The SMILES string of the molecule is CC(C)(CC(O)C(F)(F)F)c1ccc(F)cc1. The largest absolute Gasteiger partial charge is 0.414 e. The molecule has 96 valence electrons. The highest BCUT2D eigenvalue weighted by atomic mass is 19.4. The zero-order valence-electron chi connectivity index (χ0n) is 9.55. The summed E-state index contributed by atoms with van der Waals surface area (Å²) in [7, 11) is 0. The fourth-order valence-electron chi connectivity index (χ4n) is 1.62. The summed E-state index contributed by atoms with van der Waals surface area (Å²) in [5.74, 6) is -0.444. The molecule has 1 aromatic rings. The van der Waals surface area contributed by atoms with Crippen LogP contribution in [0.5, 0.6) is 0 Å². The van der Waals surface area contributed by atoms with Gasteiger partial charge < -0.3 is 5.11 Å². The van der Waals surface area contributed by atoms with Gasteiger partial charge in [-0.1, -0.05) is 26.0 Å². The summed E-state index contributed by atoms with van der Waals surface area (Å²) in [6.07, 6.45) is -7.46. The van der Waals surface area contributed by atoms with Crippen molar-refractivity contribution in [3.05, 3.63) is 35.6 Å². The summed E-state index contributed by atoms with van der Waals surface area (Å²) in [6, 6.07) is 5.24. The fourth-order valence-corrected chi connectivity index (χ4v) is 1.62. The van der Waals surface area contributed by atoms with Gasteiger partial charge >= 0.3 is 6.18 Å². The van der Waals surface area contributed by atoms with Gasteiger partial charge in [-0.3, -0.25) is 0 Å². The molecule has 0 aliphatic heterocycles. The predicted molar refractivity (Wildman–Crippen MR) is 56.1 cm³/mol. The van der Waals surface area contributed by atoms with Crippen LogP contribution in [-0.4, -0.2) is 17.4 Å². The van der Waals surface area contributed by atoms with Crippen molar-refractivity contribution in [1.82, 2.24) is 0 Å². The maximum absolute atomic E-state index is 12.7. The number of aliphatic hydroxyl groups is 1. The zero-order chi connectivity index (χ0) is 13.3. The summed E-state index contributed by atoms with van der Waals surface area (Å²) in [5, 5.41) is 9.04. The standard InChI is InChI=1S/C12H14F4O/c1-11(2,7-10(17)12(14,15)16)8-3-5-9(13)6-4-8/h3-6,10,17H,7H2,1-2H3. The number of halogens is 4. The van der Waals surface area contributed by atoms with Gasteiger partial charge in [0.05, 0.1) is 0 Å². The smallest absolute Gasteiger partial charge is 0.384 e. The Hall–Kier alpha value is -1.10. The topological polar surface area (TPSA) is 20.2 Å². The molecule has 5 heteroatoms. The van der Waals surface area contributed by atoms with Gasteiger partial charge in [-0.25, -0.2) is 4.39 Å². The molecule has 1 atom stereocenters. The van der Waals surface area contributed by atoms with Crippen molar-refractivity contribution in [3.8, 4) is 0 Å². The van der Waals surface area contributed by atoms with Gasteiger partial charge in [-0.15, -0.1) is 0 Å². The third-order valence-electron chi connectivity index (χ3n) is 2.71. The van der Waals surface area contributed by atoms with Crippen LogP contribution in [0.4, 0.5) is 17.6 Å². The third kappa shape index (κ3) is 3.70. The van der Waals surface area contributed by atoms with E-state index in [0.717, 1.165) is 0 Å². The first-order valence-electron chi connectivity index (χ1n) is 5.14. The maximum atomic E-state index is 12.7. The third-order valence-corrected chi connectivity index (χ3v) is 2.71. The van der Waals surface area contributed by atoms with E-state index < -0.39 is 29.9 Å². The van der Waals surface area contributed by atoms with Crippen LogP contribution in [0.25, 0.3) is 0 Å². The van der Waals surface area contributed by atoms with E-state index in [9.17, 15) is 17.6 Å². The van der Waals surface area contributed by atoms with Crippen molar-refractivity contribution < 1.29 is 22.7 Å². The van der Waals surface area contributed by atoms with Crippen LogP contribution < -0.4 is 0 Å². The molecule has 0 aliphatic carbocycles. The van der Waals surface area contributed by atoms with Crippen LogP contribution in [0.2, 0.25) is 0 Å². The molecule has 0 aromatic heterocycles. The molecular weight excluding hydrogens is 236 g/mol. The molecule has 0 heterocycles. The summed E-state index contributed by atoms with van der Waals surface area (Å²) < 4.78 is 49.4. The average Bonchev–Trinajstić information content (AvgIpc) is 2.16. The molecule has 1 nitrogen and oxygen atoms in total. The summed E-state index contributed by atoms with van der Waals surface area (Å²) in [5.41, 5.74) is -0.315. The van der Waals surface area contributed by atoms with Crippen molar-refractivity contribution in [2.75, 3.05) is 0 Å². The Labute approximate surface area is 97.1 Å². The summed E-state index contributed by atoms with van der Waals surface area (Å²) >= 11 is 0. The molecule has 1 rings (SSSR count). The van der Waals surface area contributed by atoms with Gasteiger partial charge in [0.1, 0.15) is 5.82 Å². The molecule has 0 aliphatic rings. The van der Waals surface area contributed by atoms with Gasteiger partial charge in [-0.2, -0.15) is 13.2 Å². The van der Waals surface area contributed by atoms with Crippen LogP contribution in [0.15, 0.2) is 24.3 Å². The van der Waals surface area contributed by atoms with Crippen molar-refractivity contribution >= 4 is 0 Å². The lowest BCUT2D eigenvalue weighted by atomic mass is 9.79. The van der Waals surface area contributed by atoms with Gasteiger partial charge in [0, 0.05) is 0 Å². The van der Waals surface area contributed by atoms with E-state index in [1.807, 2.05) is 0 Å². The number of hydrogen-bond donors (Lipinski definition) is 1. The predicted octanol–water partition coefficient (Wildman–Crippen LogP) is 3.42. The van der Waals surface area contributed by atoms with Gasteiger partial charge in [-0.05, 0) is 29.5 Å². The van der Waals surface area contributed by atoms with Crippen molar-refractivity contribution in [2.24, 2.45) is 0 Å². The van der Waals surface area contributed by atoms with E-state index in [1.165, 1.54) is 24.3 Å². The zero-order valence-corrected chi connectivity index (χ0v) is 9.55. The van der Waals surface area contributed by atoms with Crippen LogP contribution in [0.1, 0.15) is 25.8 Å². The lowest BCUT2D eigenvalue weighted by molar-refractivity contribution is -0.208. The molecule has 1 aromatic carbocycles. The Kier molecular flexibility index (Phi) is 3.81. The second kappa shape index (κ2) is 4.64. The lowest BCUT2D eigenvalue weighted by Crippen LogP contribution is -2.35. The van der Waals surface area contributed by atoms with E-state index in [1.54, 1.807) is 13.8 Å². The van der Waals surface area contributed by atoms with E-state index in [4.69, 9.17) is 5.11 Å². The normalized spacial score (nSPS) is 14.8. The van der Waals surface area contributed by atoms with E-state index in [-0.39, 0.29) is 0 Å². The van der Waals surface area contributed by atoms with E-state index >= 15 is 0 Å². The minimum absolute atomic E-state index is 0.444. The average molecular weight is 250 g/mol. The second-order valence-electron chi connectivity index (χ2n) is 4.65. The Morgan fingerprint density at radius 3 is 2.00 bits per heavy atom. The highest BCUT2D eigenvalue weighted by Gasteiger charge is 2.41. The summed E-state index contributed by atoms with van der Waals surface area (Å²) in [6.45, 7) is 3.16. The Morgan fingerprint density at radius 1 is 1.12 bits per heavy atom. The monoisotopic (exact) mass is 250 g/mol. The Balaban J connectivity index is 2.85. The number of benzene rings is 1. The highest BCUT2D eigenvalue weighted by Crippen LogP contribution is 2.33. The Bertz CT molecular complexity index is 367. The molecule has 1 N–H and O–H groups in total. The highest BCUT2D eigenvalue weighted by molar-refractivity contribution is 5.24. The number of rotatable bonds is 3. The van der Waals surface area contributed by atoms with Gasteiger partial charge in [0.15, 0.2) is 6.10 Å². The van der Waals surface area contributed by atoms with E-state index in [2.05, 4.69) is 0 Å². The van der Waals surface area contributed by atoms with Crippen LogP contribution in [0.3, 0.4) is 0 Å². The fraction of sp³-hybridized carbons (Fsp3) is 0.500. The maximum Gasteiger partial charge on any atom is 0.414 e.